The first-order valence-corrected chi connectivity index (χ1v) is 9.03. The smallest absolute Gasteiger partial charge is 0.295 e. The highest BCUT2D eigenvalue weighted by atomic mass is 16.6. The molecular formula is C20H20N4O4. The molecule has 0 bridgehead atoms. The minimum atomic E-state index is -0.717. The number of nitrogens with zero attached hydrogens (tertiary/aromatic N) is 4. The average Bonchev–Trinajstić information content (AvgIpc) is 2.97. The summed E-state index contributed by atoms with van der Waals surface area (Å²) in [5, 5.41) is 29.8. The number of benzene rings is 2. The summed E-state index contributed by atoms with van der Waals surface area (Å²) in [4.78, 5) is 22.6. The maximum atomic E-state index is 12.3. The normalized spacial score (nSPS) is 11.3. The van der Waals surface area contributed by atoms with Crippen molar-refractivity contribution in [2.75, 3.05) is 0 Å². The molecule has 0 spiro atoms. The zero-order valence-electron chi connectivity index (χ0n) is 15.4. The van der Waals surface area contributed by atoms with Crippen LogP contribution in [0.2, 0.25) is 0 Å². The van der Waals surface area contributed by atoms with E-state index < -0.39 is 10.8 Å². The first-order valence-electron chi connectivity index (χ1n) is 9.03. The van der Waals surface area contributed by atoms with Crippen molar-refractivity contribution in [2.45, 2.75) is 32.7 Å². The second-order valence-corrected chi connectivity index (χ2v) is 6.36. The summed E-state index contributed by atoms with van der Waals surface area (Å²) in [7, 11) is 0. The third-order valence-corrected chi connectivity index (χ3v) is 4.45. The predicted molar refractivity (Wildman–Crippen MR) is 105 cm³/mol. The highest BCUT2D eigenvalue weighted by molar-refractivity contribution is 5.97. The number of hydrogen-bond acceptors (Lipinski definition) is 5. The highest BCUT2D eigenvalue weighted by Crippen LogP contribution is 2.39. The molecule has 0 atom stereocenters. The molecule has 3 rings (SSSR count). The number of amides is 1. The lowest BCUT2D eigenvalue weighted by Crippen LogP contribution is -1.97. The summed E-state index contributed by atoms with van der Waals surface area (Å²) in [6.45, 7) is 2.74. The van der Waals surface area contributed by atoms with Crippen LogP contribution in [-0.4, -0.2) is 20.5 Å². The molecule has 0 saturated heterocycles. The minimum Gasteiger partial charge on any atom is -0.493 e. The molecule has 0 fully saturated rings. The number of unbranched alkanes of at least 4 members (excludes halogenated alkanes) is 2. The van der Waals surface area contributed by atoms with Gasteiger partial charge in [0.15, 0.2) is 5.69 Å². The van der Waals surface area contributed by atoms with Crippen LogP contribution in [0, 0.1) is 10.1 Å². The van der Waals surface area contributed by atoms with E-state index in [0.717, 1.165) is 30.8 Å². The van der Waals surface area contributed by atoms with Gasteiger partial charge in [-0.15, -0.1) is 10.2 Å². The van der Waals surface area contributed by atoms with E-state index in [1.807, 2.05) is 18.2 Å². The first-order chi connectivity index (χ1) is 13.5. The molecule has 0 saturated carbocycles. The number of rotatable bonds is 7. The summed E-state index contributed by atoms with van der Waals surface area (Å²) in [6.07, 6.45) is 3.00. The predicted octanol–water partition coefficient (Wildman–Crippen LogP) is 5.37. The Bertz CT molecular complexity index is 1060. The van der Waals surface area contributed by atoms with Gasteiger partial charge in [-0.2, -0.15) is 0 Å². The highest BCUT2D eigenvalue weighted by Gasteiger charge is 2.17. The number of hydrogen-bond donors (Lipinski definition) is 1. The molecule has 1 N–H and O–H groups in total. The van der Waals surface area contributed by atoms with Crippen LogP contribution in [0.1, 0.15) is 36.5 Å². The zero-order chi connectivity index (χ0) is 20.1. The number of azo groups is 1. The Kier molecular flexibility index (Phi) is 5.78. The largest absolute Gasteiger partial charge is 0.493 e. The van der Waals surface area contributed by atoms with Crippen molar-refractivity contribution in [1.29, 1.82) is 0 Å². The number of carbonyl (C=O) groups is 1. The number of fused-ring (bicyclic) bond motifs is 1. The molecule has 8 heteroatoms. The molecule has 144 valence electrons. The van der Waals surface area contributed by atoms with E-state index in [0.29, 0.717) is 11.9 Å². The SMILES string of the molecule is CCCCCn1c(O)c(N=NC(=O)c2cccc([N+](=O)[O-])c2)c2ccccc21. The third kappa shape index (κ3) is 3.90. The van der Waals surface area contributed by atoms with Crippen LogP contribution in [0.5, 0.6) is 5.88 Å². The Hall–Kier alpha value is -3.55. The van der Waals surface area contributed by atoms with Gasteiger partial charge in [-0.05, 0) is 18.6 Å². The minimum absolute atomic E-state index is 0.0482. The van der Waals surface area contributed by atoms with Crippen LogP contribution in [0.4, 0.5) is 11.4 Å². The van der Waals surface area contributed by atoms with Gasteiger partial charge < -0.3 is 9.67 Å². The number of carbonyl (C=O) groups excluding carboxylic acids is 1. The van der Waals surface area contributed by atoms with Gasteiger partial charge in [-0.3, -0.25) is 14.9 Å². The van der Waals surface area contributed by atoms with Gasteiger partial charge in [0.05, 0.1) is 16.0 Å². The number of aromatic nitrogens is 1. The second kappa shape index (κ2) is 8.43. The van der Waals surface area contributed by atoms with Gasteiger partial charge in [0.1, 0.15) is 0 Å². The van der Waals surface area contributed by atoms with Gasteiger partial charge in [-0.1, -0.05) is 44.0 Å². The van der Waals surface area contributed by atoms with Crippen molar-refractivity contribution in [3.05, 3.63) is 64.2 Å². The standard InChI is InChI=1S/C20H20N4O4/c1-2-3-6-12-23-17-11-5-4-10-16(17)18(20(23)26)21-22-19(25)14-8-7-9-15(13-14)24(27)28/h4-5,7-11,13,26H,2-3,6,12H2,1H3. The van der Waals surface area contributed by atoms with Crippen LogP contribution < -0.4 is 0 Å². The van der Waals surface area contributed by atoms with Crippen molar-refractivity contribution in [3.8, 4) is 5.88 Å². The van der Waals surface area contributed by atoms with Gasteiger partial charge in [0.25, 0.3) is 11.6 Å². The number of aromatic hydroxyl groups is 1. The van der Waals surface area contributed by atoms with Crippen molar-refractivity contribution in [2.24, 2.45) is 10.2 Å². The van der Waals surface area contributed by atoms with E-state index in [1.165, 1.54) is 18.2 Å². The Morgan fingerprint density at radius 3 is 2.71 bits per heavy atom. The summed E-state index contributed by atoms with van der Waals surface area (Å²) < 4.78 is 1.76. The fourth-order valence-corrected chi connectivity index (χ4v) is 3.02. The lowest BCUT2D eigenvalue weighted by Gasteiger charge is -2.05. The lowest BCUT2D eigenvalue weighted by atomic mass is 10.2. The van der Waals surface area contributed by atoms with Crippen LogP contribution >= 0.6 is 0 Å². The van der Waals surface area contributed by atoms with Gasteiger partial charge in [0.2, 0.25) is 5.88 Å². The summed E-state index contributed by atoms with van der Waals surface area (Å²) in [6, 6.07) is 12.7. The van der Waals surface area contributed by atoms with E-state index in [2.05, 4.69) is 17.2 Å². The summed E-state index contributed by atoms with van der Waals surface area (Å²) in [5.74, 6) is -0.765. The van der Waals surface area contributed by atoms with E-state index in [9.17, 15) is 20.0 Å². The van der Waals surface area contributed by atoms with Crippen LogP contribution in [-0.2, 0) is 6.54 Å². The van der Waals surface area contributed by atoms with Crippen LogP contribution in [0.3, 0.4) is 0 Å². The Balaban J connectivity index is 1.93. The number of nitro benzene ring substituents is 1. The third-order valence-electron chi connectivity index (χ3n) is 4.45. The fourth-order valence-electron chi connectivity index (χ4n) is 3.02. The zero-order valence-corrected chi connectivity index (χ0v) is 15.4. The number of aryl methyl sites for hydroxylation is 1. The molecule has 0 aliphatic rings. The number of para-hydroxylation sites is 1. The quantitative estimate of drug-likeness (QED) is 0.257. The van der Waals surface area contributed by atoms with Gasteiger partial charge >= 0.3 is 0 Å². The molecule has 0 radical (unpaired) electrons. The maximum Gasteiger partial charge on any atom is 0.295 e. The average molecular weight is 380 g/mol. The fraction of sp³-hybridized carbons (Fsp3) is 0.250. The molecule has 0 unspecified atom stereocenters. The molecule has 0 aliphatic heterocycles. The summed E-state index contributed by atoms with van der Waals surface area (Å²) in [5.41, 5.74) is 0.888. The molecule has 3 aromatic rings. The molecule has 2 aromatic carbocycles. The second-order valence-electron chi connectivity index (χ2n) is 6.36. The Morgan fingerprint density at radius 1 is 1.18 bits per heavy atom. The molecule has 1 aromatic heterocycles. The van der Waals surface area contributed by atoms with E-state index in [-0.39, 0.29) is 22.8 Å². The van der Waals surface area contributed by atoms with Crippen molar-refractivity contribution < 1.29 is 14.8 Å². The Labute approximate surface area is 161 Å². The van der Waals surface area contributed by atoms with Crippen molar-refractivity contribution in [1.82, 2.24) is 4.57 Å². The summed E-state index contributed by atoms with van der Waals surface area (Å²) >= 11 is 0. The molecule has 0 aliphatic carbocycles. The molecule has 8 nitrogen and oxygen atoms in total. The van der Waals surface area contributed by atoms with E-state index in [4.69, 9.17) is 0 Å². The lowest BCUT2D eigenvalue weighted by molar-refractivity contribution is -0.384. The molecule has 1 amide bonds. The molecule has 28 heavy (non-hydrogen) atoms. The van der Waals surface area contributed by atoms with Gasteiger partial charge in [-0.25, -0.2) is 0 Å². The number of non-ortho nitro benzene ring substituents is 1. The van der Waals surface area contributed by atoms with Crippen LogP contribution in [0.25, 0.3) is 10.9 Å². The van der Waals surface area contributed by atoms with Crippen molar-refractivity contribution in [3.63, 3.8) is 0 Å². The van der Waals surface area contributed by atoms with Crippen LogP contribution in [0.15, 0.2) is 58.8 Å². The van der Waals surface area contributed by atoms with E-state index >= 15 is 0 Å². The van der Waals surface area contributed by atoms with Crippen molar-refractivity contribution >= 4 is 28.2 Å². The monoisotopic (exact) mass is 380 g/mol. The number of nitro groups is 1. The maximum absolute atomic E-state index is 12.3. The Morgan fingerprint density at radius 2 is 1.96 bits per heavy atom. The van der Waals surface area contributed by atoms with Gasteiger partial charge in [0, 0.05) is 24.1 Å². The van der Waals surface area contributed by atoms with E-state index in [1.54, 1.807) is 10.6 Å². The topological polar surface area (TPSA) is 110 Å². The molecular weight excluding hydrogens is 360 g/mol. The molecule has 1 heterocycles. The first kappa shape index (κ1) is 19.2.